The van der Waals surface area contributed by atoms with Crippen LogP contribution in [0.3, 0.4) is 0 Å². The SMILES string of the molecule is CC(=O)[O-].CC(=O)[O-].P.[Ca+2].[Ca+2].[H-].[H-]. The first-order valence-electron chi connectivity index (χ1n) is 1.82. The Morgan fingerprint density at radius 1 is 1.00 bits per heavy atom. The van der Waals surface area contributed by atoms with Gasteiger partial charge in [0.05, 0.1) is 0 Å². The van der Waals surface area contributed by atoms with Gasteiger partial charge < -0.3 is 22.7 Å². The van der Waals surface area contributed by atoms with E-state index in [1.807, 2.05) is 0 Å². The van der Waals surface area contributed by atoms with Gasteiger partial charge in [-0.2, -0.15) is 9.90 Å². The summed E-state index contributed by atoms with van der Waals surface area (Å²) in [5, 5.41) is 17.8. The molecule has 0 bridgehead atoms. The second kappa shape index (κ2) is 22.7. The average Bonchev–Trinajstić information content (AvgIpc) is 1.25. The fourth-order valence-corrected chi connectivity index (χ4v) is 0. The summed E-state index contributed by atoms with van der Waals surface area (Å²) >= 11 is 0. The minimum absolute atomic E-state index is 0. The van der Waals surface area contributed by atoms with Gasteiger partial charge in [0.25, 0.3) is 0 Å². The molecule has 1 unspecified atom stereocenters. The van der Waals surface area contributed by atoms with E-state index in [0.29, 0.717) is 0 Å². The Hall–Kier alpha value is 1.89. The molecule has 0 saturated carbocycles. The number of aliphatic carboxylic acids is 2. The third-order valence-electron chi connectivity index (χ3n) is 0. The van der Waals surface area contributed by atoms with Crippen molar-refractivity contribution in [3.8, 4) is 0 Å². The Kier molecular flexibility index (Phi) is 60.3. The van der Waals surface area contributed by atoms with Crippen LogP contribution in [-0.4, -0.2) is 87.4 Å². The number of hydrogen-bond donors (Lipinski definition) is 0. The first-order chi connectivity index (χ1) is 3.46. The van der Waals surface area contributed by atoms with Crippen molar-refractivity contribution in [3.63, 3.8) is 0 Å². The minimum Gasteiger partial charge on any atom is -1.00 e. The summed E-state index contributed by atoms with van der Waals surface area (Å²) in [7, 11) is 0. The molecule has 1 atom stereocenters. The van der Waals surface area contributed by atoms with E-state index in [4.69, 9.17) is 19.8 Å². The van der Waals surface area contributed by atoms with Crippen molar-refractivity contribution in [2.75, 3.05) is 0 Å². The third-order valence-corrected chi connectivity index (χ3v) is 0. The van der Waals surface area contributed by atoms with Gasteiger partial charge in [0.2, 0.25) is 0 Å². The Balaban J connectivity index is -0.00000000800. The van der Waals surface area contributed by atoms with Crippen molar-refractivity contribution in [2.24, 2.45) is 0 Å². The number of carbonyl (C=O) groups excluding carboxylic acids is 2. The maximum absolute atomic E-state index is 8.89. The Morgan fingerprint density at radius 3 is 1.00 bits per heavy atom. The average molecular weight is 234 g/mol. The van der Waals surface area contributed by atoms with Crippen molar-refractivity contribution in [1.82, 2.24) is 0 Å². The van der Waals surface area contributed by atoms with Crippen LogP contribution in [0.25, 0.3) is 0 Å². The number of carboxylic acids is 2. The summed E-state index contributed by atoms with van der Waals surface area (Å²) in [6.45, 7) is 1.94. The van der Waals surface area contributed by atoms with Crippen molar-refractivity contribution >= 4 is 97.3 Å². The van der Waals surface area contributed by atoms with Crippen LogP contribution in [0.5, 0.6) is 0 Å². The fourth-order valence-electron chi connectivity index (χ4n) is 0. The number of carboxylic acid groups (broad SMARTS) is 2. The maximum Gasteiger partial charge on any atom is 2.00 e. The predicted molar refractivity (Wildman–Crippen MR) is 46.2 cm³/mol. The Morgan fingerprint density at radius 2 is 1.00 bits per heavy atom. The van der Waals surface area contributed by atoms with Crippen LogP contribution in [0.4, 0.5) is 0 Å². The summed E-state index contributed by atoms with van der Waals surface area (Å²) in [6.07, 6.45) is 0. The van der Waals surface area contributed by atoms with E-state index >= 15 is 0 Å². The molecule has 0 N–H and O–H groups in total. The fraction of sp³-hybridized carbons (Fsp3) is 0.500. The third kappa shape index (κ3) is 326. The molecule has 0 amide bonds. The standard InChI is InChI=1S/2C2H4O2.2Ca.H3P.2H/c2*1-2(3)4;;;;;/h2*1H3,(H,3,4);;;1H3;;/q;;2*+2;;2*-1/p-2. The smallest absolute Gasteiger partial charge is 1.00 e. The summed E-state index contributed by atoms with van der Waals surface area (Å²) in [5.74, 6) is -2.17. The van der Waals surface area contributed by atoms with Crippen molar-refractivity contribution < 1.29 is 22.7 Å². The van der Waals surface area contributed by atoms with Crippen LogP contribution in [0.2, 0.25) is 0 Å². The van der Waals surface area contributed by atoms with Gasteiger partial charge in [-0.25, -0.2) is 0 Å². The largest absolute Gasteiger partial charge is 2.00 e. The molecule has 0 heterocycles. The molecule has 11 heavy (non-hydrogen) atoms. The van der Waals surface area contributed by atoms with Gasteiger partial charge in [0, 0.05) is 11.9 Å². The molecule has 0 rings (SSSR count). The molecule has 0 radical (unpaired) electrons. The zero-order valence-electron chi connectivity index (χ0n) is 8.75. The van der Waals surface area contributed by atoms with E-state index in [0.717, 1.165) is 13.8 Å². The van der Waals surface area contributed by atoms with Crippen LogP contribution in [0, 0.1) is 0 Å². The van der Waals surface area contributed by atoms with Crippen molar-refractivity contribution in [2.45, 2.75) is 13.8 Å². The molecule has 0 spiro atoms. The molecule has 0 aromatic heterocycles. The van der Waals surface area contributed by atoms with Gasteiger partial charge in [-0.1, -0.05) is 0 Å². The van der Waals surface area contributed by atoms with E-state index in [1.54, 1.807) is 0 Å². The first kappa shape index (κ1) is 29.3. The zero-order chi connectivity index (χ0) is 7.15. The van der Waals surface area contributed by atoms with E-state index in [1.165, 1.54) is 0 Å². The normalized spacial score (nSPS) is 4.55. The molecular weight excluding hydrogens is 223 g/mol. The van der Waals surface area contributed by atoms with Gasteiger partial charge in [-0.3, -0.25) is 0 Å². The molecule has 0 aromatic carbocycles. The predicted octanol–water partition coefficient (Wildman–Crippen LogP) is -2.97. The molecule has 0 aliphatic carbocycles. The topological polar surface area (TPSA) is 80.3 Å². The molecule has 0 aromatic rings. The van der Waals surface area contributed by atoms with Crippen molar-refractivity contribution in [1.29, 1.82) is 0 Å². The van der Waals surface area contributed by atoms with E-state index in [2.05, 4.69) is 0 Å². The van der Waals surface area contributed by atoms with Crippen LogP contribution >= 0.6 is 9.90 Å². The Bertz CT molecular complexity index is 86.1. The van der Waals surface area contributed by atoms with E-state index < -0.39 is 11.9 Å². The number of rotatable bonds is 0. The van der Waals surface area contributed by atoms with Gasteiger partial charge in [0.1, 0.15) is 0 Å². The second-order valence-corrected chi connectivity index (χ2v) is 0.983. The van der Waals surface area contributed by atoms with Gasteiger partial charge in [-0.15, -0.1) is 0 Å². The molecule has 0 aliphatic rings. The van der Waals surface area contributed by atoms with Gasteiger partial charge in [0.15, 0.2) is 0 Å². The molecule has 0 fully saturated rings. The minimum atomic E-state index is -1.08. The molecular formula is C4H11Ca2O4P. The van der Waals surface area contributed by atoms with Crippen LogP contribution in [0.1, 0.15) is 16.7 Å². The first-order valence-corrected chi connectivity index (χ1v) is 1.82. The Labute approximate surface area is 132 Å². The van der Waals surface area contributed by atoms with Gasteiger partial charge in [-0.05, 0) is 13.8 Å². The maximum atomic E-state index is 8.89. The second-order valence-electron chi connectivity index (χ2n) is 0.983. The van der Waals surface area contributed by atoms with Crippen LogP contribution < -0.4 is 10.2 Å². The van der Waals surface area contributed by atoms with Crippen LogP contribution in [0.15, 0.2) is 0 Å². The van der Waals surface area contributed by atoms with Crippen molar-refractivity contribution in [3.05, 3.63) is 0 Å². The summed E-state index contributed by atoms with van der Waals surface area (Å²) in [5.41, 5.74) is 0. The van der Waals surface area contributed by atoms with E-state index in [-0.39, 0.29) is 88.2 Å². The zero-order valence-corrected chi connectivity index (χ0v) is 12.6. The summed E-state index contributed by atoms with van der Waals surface area (Å²) < 4.78 is 0. The molecule has 60 valence electrons. The molecule has 4 nitrogen and oxygen atoms in total. The van der Waals surface area contributed by atoms with E-state index in [9.17, 15) is 0 Å². The van der Waals surface area contributed by atoms with Crippen LogP contribution in [-0.2, 0) is 9.59 Å². The summed E-state index contributed by atoms with van der Waals surface area (Å²) in [4.78, 5) is 17.8. The number of carbonyl (C=O) groups is 2. The molecule has 7 heteroatoms. The summed E-state index contributed by atoms with van der Waals surface area (Å²) in [6, 6.07) is 0. The molecule has 0 saturated heterocycles. The molecule has 0 aliphatic heterocycles. The monoisotopic (exact) mass is 234 g/mol. The number of hydrogen-bond acceptors (Lipinski definition) is 4. The quantitative estimate of drug-likeness (QED) is 0.331. The van der Waals surface area contributed by atoms with Gasteiger partial charge >= 0.3 is 75.5 Å².